The Kier molecular flexibility index (Phi) is 5.30. The third-order valence-electron chi connectivity index (χ3n) is 5.09. The molecular weight excluding hydrogens is 374 g/mol. The molecule has 0 radical (unpaired) electrons. The van der Waals surface area contributed by atoms with Crippen molar-refractivity contribution >= 4 is 20.9 Å². The van der Waals surface area contributed by atoms with Gasteiger partial charge in [0.2, 0.25) is 10.0 Å². The Bertz CT molecular complexity index is 1070. The molecule has 4 rings (SSSR count). The fourth-order valence-electron chi connectivity index (χ4n) is 3.58. The minimum Gasteiger partial charge on any atom is -0.497 e. The highest BCUT2D eigenvalue weighted by molar-refractivity contribution is 7.89. The number of piperazine rings is 1. The maximum atomic E-state index is 13.2. The Morgan fingerprint density at radius 2 is 1.75 bits per heavy atom. The maximum absolute atomic E-state index is 13.2. The first kappa shape index (κ1) is 18.9. The predicted octanol–water partition coefficient (Wildman–Crippen LogP) is 2.75. The monoisotopic (exact) mass is 397 g/mol. The van der Waals surface area contributed by atoms with E-state index in [1.54, 1.807) is 29.7 Å². The van der Waals surface area contributed by atoms with Crippen LogP contribution in [0.3, 0.4) is 0 Å². The Labute approximate surface area is 165 Å². The normalized spacial score (nSPS) is 16.3. The summed E-state index contributed by atoms with van der Waals surface area (Å²) in [7, 11) is -1.91. The topological polar surface area (TPSA) is 62.7 Å². The van der Waals surface area contributed by atoms with Gasteiger partial charge >= 0.3 is 0 Å². The standard InChI is InChI=1S/C21H23N3O3S/c1-27-19-8-2-5-17(15-19)16-23-11-13-24(14-12-23)28(25,26)20-9-3-6-18-7-4-10-22-21(18)20/h2-10,15H,11-14,16H2,1H3. The second kappa shape index (κ2) is 7.87. The van der Waals surface area contributed by atoms with Gasteiger partial charge in [-0.2, -0.15) is 4.31 Å². The zero-order chi connectivity index (χ0) is 19.6. The number of aromatic nitrogens is 1. The van der Waals surface area contributed by atoms with E-state index in [9.17, 15) is 8.42 Å². The highest BCUT2D eigenvalue weighted by Gasteiger charge is 2.30. The number of ether oxygens (including phenoxy) is 1. The molecule has 1 fully saturated rings. The Morgan fingerprint density at radius 3 is 2.54 bits per heavy atom. The highest BCUT2D eigenvalue weighted by atomic mass is 32.2. The SMILES string of the molecule is COc1cccc(CN2CCN(S(=O)(=O)c3cccc4cccnc34)CC2)c1. The molecule has 0 spiro atoms. The molecule has 0 atom stereocenters. The first-order valence-corrected chi connectivity index (χ1v) is 10.7. The van der Waals surface area contributed by atoms with Crippen molar-refractivity contribution in [3.63, 3.8) is 0 Å². The molecular formula is C21H23N3O3S. The van der Waals surface area contributed by atoms with Crippen molar-refractivity contribution in [2.45, 2.75) is 11.4 Å². The van der Waals surface area contributed by atoms with E-state index in [4.69, 9.17) is 4.74 Å². The minimum absolute atomic E-state index is 0.284. The number of para-hydroxylation sites is 1. The molecule has 1 aliphatic heterocycles. The zero-order valence-corrected chi connectivity index (χ0v) is 16.6. The van der Waals surface area contributed by atoms with Crippen LogP contribution >= 0.6 is 0 Å². The Balaban J connectivity index is 1.48. The van der Waals surface area contributed by atoms with E-state index in [-0.39, 0.29) is 4.90 Å². The van der Waals surface area contributed by atoms with Crippen molar-refractivity contribution < 1.29 is 13.2 Å². The van der Waals surface area contributed by atoms with Gasteiger partial charge in [-0.1, -0.05) is 30.3 Å². The van der Waals surface area contributed by atoms with Gasteiger partial charge in [0.25, 0.3) is 0 Å². The molecule has 0 unspecified atom stereocenters. The predicted molar refractivity (Wildman–Crippen MR) is 109 cm³/mol. The fraction of sp³-hybridized carbons (Fsp3) is 0.286. The van der Waals surface area contributed by atoms with Crippen LogP contribution in [-0.2, 0) is 16.6 Å². The van der Waals surface area contributed by atoms with E-state index in [2.05, 4.69) is 16.0 Å². The lowest BCUT2D eigenvalue weighted by molar-refractivity contribution is 0.181. The first-order chi connectivity index (χ1) is 13.6. The van der Waals surface area contributed by atoms with Crippen molar-refractivity contribution in [3.05, 3.63) is 66.4 Å². The van der Waals surface area contributed by atoms with Crippen molar-refractivity contribution in [1.29, 1.82) is 0 Å². The molecule has 0 bridgehead atoms. The van der Waals surface area contributed by atoms with Gasteiger partial charge in [0.05, 0.1) is 12.6 Å². The molecule has 1 aromatic heterocycles. The molecule has 6 nitrogen and oxygen atoms in total. The Hall–Kier alpha value is -2.48. The van der Waals surface area contributed by atoms with Crippen LogP contribution in [-0.4, -0.2) is 55.9 Å². The summed E-state index contributed by atoms with van der Waals surface area (Å²) in [6.45, 7) is 3.09. The molecule has 146 valence electrons. The third-order valence-corrected chi connectivity index (χ3v) is 7.02. The summed E-state index contributed by atoms with van der Waals surface area (Å²) >= 11 is 0. The summed E-state index contributed by atoms with van der Waals surface area (Å²) < 4.78 is 33.2. The molecule has 0 N–H and O–H groups in total. The zero-order valence-electron chi connectivity index (χ0n) is 15.8. The van der Waals surface area contributed by atoms with Crippen LogP contribution < -0.4 is 4.74 Å². The lowest BCUT2D eigenvalue weighted by Crippen LogP contribution is -2.48. The summed E-state index contributed by atoms with van der Waals surface area (Å²) in [5.74, 6) is 0.835. The summed E-state index contributed by atoms with van der Waals surface area (Å²) in [5.41, 5.74) is 1.69. The van der Waals surface area contributed by atoms with Gasteiger partial charge in [0.1, 0.15) is 10.6 Å². The molecule has 2 heterocycles. The number of benzene rings is 2. The van der Waals surface area contributed by atoms with Crippen LogP contribution in [0.4, 0.5) is 0 Å². The average Bonchev–Trinajstić information content (AvgIpc) is 2.74. The van der Waals surface area contributed by atoms with E-state index >= 15 is 0 Å². The van der Waals surface area contributed by atoms with Crippen LogP contribution in [0.2, 0.25) is 0 Å². The van der Waals surface area contributed by atoms with Gasteiger partial charge in [0, 0.05) is 44.3 Å². The second-order valence-corrected chi connectivity index (χ2v) is 8.77. The molecule has 1 aliphatic rings. The molecule has 28 heavy (non-hydrogen) atoms. The van der Waals surface area contributed by atoms with Crippen molar-refractivity contribution in [2.75, 3.05) is 33.3 Å². The van der Waals surface area contributed by atoms with E-state index in [1.807, 2.05) is 36.4 Å². The van der Waals surface area contributed by atoms with Gasteiger partial charge in [0.15, 0.2) is 0 Å². The van der Waals surface area contributed by atoms with E-state index < -0.39 is 10.0 Å². The number of hydrogen-bond donors (Lipinski definition) is 0. The third kappa shape index (κ3) is 3.73. The smallest absolute Gasteiger partial charge is 0.245 e. The molecule has 0 aliphatic carbocycles. The van der Waals surface area contributed by atoms with E-state index in [0.717, 1.165) is 23.2 Å². The van der Waals surface area contributed by atoms with Crippen molar-refractivity contribution in [1.82, 2.24) is 14.2 Å². The van der Waals surface area contributed by atoms with Crippen LogP contribution in [0.1, 0.15) is 5.56 Å². The molecule has 0 amide bonds. The average molecular weight is 398 g/mol. The molecule has 2 aromatic carbocycles. The van der Waals surface area contributed by atoms with Gasteiger partial charge in [-0.25, -0.2) is 8.42 Å². The van der Waals surface area contributed by atoms with Crippen molar-refractivity contribution in [3.8, 4) is 5.75 Å². The Morgan fingerprint density at radius 1 is 1.00 bits per heavy atom. The summed E-state index contributed by atoms with van der Waals surface area (Å²) in [6, 6.07) is 17.0. The number of pyridine rings is 1. The molecule has 3 aromatic rings. The molecule has 0 saturated carbocycles. The van der Waals surface area contributed by atoms with Crippen LogP contribution in [0.25, 0.3) is 10.9 Å². The number of sulfonamides is 1. The van der Waals surface area contributed by atoms with Gasteiger partial charge in [-0.3, -0.25) is 9.88 Å². The number of fused-ring (bicyclic) bond motifs is 1. The van der Waals surface area contributed by atoms with E-state index in [1.165, 1.54) is 0 Å². The first-order valence-electron chi connectivity index (χ1n) is 9.27. The summed E-state index contributed by atoms with van der Waals surface area (Å²) in [4.78, 5) is 6.85. The maximum Gasteiger partial charge on any atom is 0.245 e. The molecule has 1 saturated heterocycles. The van der Waals surface area contributed by atoms with E-state index in [0.29, 0.717) is 31.7 Å². The van der Waals surface area contributed by atoms with Crippen LogP contribution in [0, 0.1) is 0 Å². The molecule has 7 heteroatoms. The number of hydrogen-bond acceptors (Lipinski definition) is 5. The lowest BCUT2D eigenvalue weighted by atomic mass is 10.2. The van der Waals surface area contributed by atoms with Crippen LogP contribution in [0.15, 0.2) is 65.7 Å². The van der Waals surface area contributed by atoms with Gasteiger partial charge in [-0.05, 0) is 29.8 Å². The van der Waals surface area contributed by atoms with Crippen molar-refractivity contribution in [2.24, 2.45) is 0 Å². The van der Waals surface area contributed by atoms with Gasteiger partial charge < -0.3 is 4.74 Å². The van der Waals surface area contributed by atoms with Crippen LogP contribution in [0.5, 0.6) is 5.75 Å². The largest absolute Gasteiger partial charge is 0.497 e. The number of methoxy groups -OCH3 is 1. The minimum atomic E-state index is -3.57. The summed E-state index contributed by atoms with van der Waals surface area (Å²) in [6.07, 6.45) is 1.63. The highest BCUT2D eigenvalue weighted by Crippen LogP contribution is 2.25. The fourth-order valence-corrected chi connectivity index (χ4v) is 5.17. The quantitative estimate of drug-likeness (QED) is 0.662. The lowest BCUT2D eigenvalue weighted by Gasteiger charge is -2.34. The second-order valence-electron chi connectivity index (χ2n) is 6.86. The number of rotatable bonds is 5. The number of nitrogens with zero attached hydrogens (tertiary/aromatic N) is 3. The summed E-state index contributed by atoms with van der Waals surface area (Å²) in [5, 5.41) is 0.834. The van der Waals surface area contributed by atoms with Gasteiger partial charge in [-0.15, -0.1) is 0 Å².